The molecule has 3 aliphatic rings. The van der Waals surface area contributed by atoms with Gasteiger partial charge in [-0.25, -0.2) is 9.78 Å². The second kappa shape index (κ2) is 7.93. The number of carbonyl (C=O) groups excluding carboxylic acids is 1. The third kappa shape index (κ3) is 3.31. The summed E-state index contributed by atoms with van der Waals surface area (Å²) in [7, 11) is 0. The smallest absolute Gasteiger partial charge is 0.343 e. The van der Waals surface area contributed by atoms with Crippen LogP contribution in [0.5, 0.6) is 11.5 Å². The highest BCUT2D eigenvalue weighted by Gasteiger charge is 2.45. The standard InChI is InChI=1S/C31H28N2O6/c1-5-31(36)21-11-23-26-17(13-33(23)28(34)20(21)14-37-29(31)35)10-19-22(32-26)12-24-27(39-15-38-24)25(19)16-6-8-18(9-7-16)30(2,3)4/h6-12,36H,5,13-15H2,1-4H3/t31-/m0/s1. The molecule has 0 fully saturated rings. The van der Waals surface area contributed by atoms with Crippen LogP contribution in [-0.4, -0.2) is 27.4 Å². The van der Waals surface area contributed by atoms with Crippen LogP contribution in [0.2, 0.25) is 0 Å². The second-order valence-electron chi connectivity index (χ2n) is 11.5. The molecule has 0 bridgehead atoms. The first-order chi connectivity index (χ1) is 18.6. The molecule has 4 aromatic rings. The summed E-state index contributed by atoms with van der Waals surface area (Å²) in [5.41, 5.74) is 4.42. The molecular formula is C31H28N2O6. The van der Waals surface area contributed by atoms with Crippen LogP contribution in [0, 0.1) is 0 Å². The molecule has 5 heterocycles. The van der Waals surface area contributed by atoms with Gasteiger partial charge in [-0.05, 0) is 35.1 Å². The van der Waals surface area contributed by atoms with Gasteiger partial charge in [-0.3, -0.25) is 4.79 Å². The third-order valence-corrected chi connectivity index (χ3v) is 8.19. The van der Waals surface area contributed by atoms with Crippen molar-refractivity contribution in [3.63, 3.8) is 0 Å². The molecule has 0 spiro atoms. The lowest BCUT2D eigenvalue weighted by Gasteiger charge is -2.31. The predicted molar refractivity (Wildman–Crippen MR) is 145 cm³/mol. The molecule has 8 nitrogen and oxygen atoms in total. The minimum Gasteiger partial charge on any atom is -0.458 e. The van der Waals surface area contributed by atoms with Crippen LogP contribution in [0.1, 0.15) is 56.4 Å². The molecule has 0 unspecified atom stereocenters. The summed E-state index contributed by atoms with van der Waals surface area (Å²) in [6.07, 6.45) is 0.0978. The summed E-state index contributed by atoms with van der Waals surface area (Å²) in [4.78, 5) is 31.0. The maximum atomic E-state index is 13.5. The highest BCUT2D eigenvalue weighted by atomic mass is 16.7. The zero-order valence-corrected chi connectivity index (χ0v) is 22.3. The minimum atomic E-state index is -1.86. The molecule has 2 aromatic carbocycles. The van der Waals surface area contributed by atoms with E-state index in [0.29, 0.717) is 46.1 Å². The van der Waals surface area contributed by atoms with Gasteiger partial charge in [-0.2, -0.15) is 0 Å². The molecule has 1 N–H and O–H groups in total. The largest absolute Gasteiger partial charge is 0.458 e. The third-order valence-electron chi connectivity index (χ3n) is 8.19. The average Bonchev–Trinajstić information content (AvgIpc) is 3.52. The Hall–Kier alpha value is -4.17. The second-order valence-corrected chi connectivity index (χ2v) is 11.5. The molecule has 198 valence electrons. The maximum Gasteiger partial charge on any atom is 0.343 e. The number of aliphatic hydroxyl groups is 1. The Bertz CT molecular complexity index is 1780. The lowest BCUT2D eigenvalue weighted by molar-refractivity contribution is -0.172. The Labute approximate surface area is 224 Å². The van der Waals surface area contributed by atoms with E-state index in [4.69, 9.17) is 19.2 Å². The number of hydrogen-bond acceptors (Lipinski definition) is 7. The monoisotopic (exact) mass is 524 g/mol. The van der Waals surface area contributed by atoms with E-state index in [9.17, 15) is 14.7 Å². The SMILES string of the molecule is CC[C@@]1(O)C(=O)OCc2c1cc1n(c2=O)Cc2cc3c(-c4ccc(C(C)(C)C)cc4)c4c(cc3nc2-1)OCO4. The number of fused-ring (bicyclic) bond motifs is 6. The van der Waals surface area contributed by atoms with Crippen LogP contribution in [0.25, 0.3) is 33.4 Å². The summed E-state index contributed by atoms with van der Waals surface area (Å²) in [6.45, 7) is 8.55. The van der Waals surface area contributed by atoms with Crippen LogP contribution in [0.4, 0.5) is 0 Å². The van der Waals surface area contributed by atoms with E-state index in [1.54, 1.807) is 17.6 Å². The van der Waals surface area contributed by atoms with Crippen molar-refractivity contribution < 1.29 is 24.1 Å². The van der Waals surface area contributed by atoms with E-state index in [1.165, 1.54) is 5.56 Å². The number of hydrogen-bond donors (Lipinski definition) is 1. The van der Waals surface area contributed by atoms with Crippen LogP contribution >= 0.6 is 0 Å². The molecule has 0 saturated carbocycles. The molecule has 0 amide bonds. The van der Waals surface area contributed by atoms with Gasteiger partial charge in [0.2, 0.25) is 6.79 Å². The minimum absolute atomic E-state index is 0.0268. The summed E-state index contributed by atoms with van der Waals surface area (Å²) < 4.78 is 18.5. The van der Waals surface area contributed by atoms with Gasteiger partial charge in [0.05, 0.1) is 29.0 Å². The van der Waals surface area contributed by atoms with Gasteiger partial charge < -0.3 is 23.9 Å². The quantitative estimate of drug-likeness (QED) is 0.332. The van der Waals surface area contributed by atoms with Crippen LogP contribution in [-0.2, 0) is 33.7 Å². The molecule has 39 heavy (non-hydrogen) atoms. The van der Waals surface area contributed by atoms with E-state index in [-0.39, 0.29) is 30.8 Å². The van der Waals surface area contributed by atoms with Crippen molar-refractivity contribution in [3.8, 4) is 34.0 Å². The number of nitrogens with zero attached hydrogens (tertiary/aromatic N) is 2. The van der Waals surface area contributed by atoms with Crippen molar-refractivity contribution in [1.29, 1.82) is 0 Å². The van der Waals surface area contributed by atoms with Gasteiger partial charge in [0.25, 0.3) is 5.56 Å². The first-order valence-corrected chi connectivity index (χ1v) is 13.1. The van der Waals surface area contributed by atoms with Crippen LogP contribution < -0.4 is 15.0 Å². The Morgan fingerprint density at radius 1 is 1.05 bits per heavy atom. The number of cyclic esters (lactones) is 1. The fourth-order valence-electron chi connectivity index (χ4n) is 5.91. The van der Waals surface area contributed by atoms with E-state index in [1.807, 2.05) is 6.07 Å². The molecule has 2 aromatic heterocycles. The zero-order chi connectivity index (χ0) is 27.3. The summed E-state index contributed by atoms with van der Waals surface area (Å²) in [5, 5.41) is 12.0. The zero-order valence-electron chi connectivity index (χ0n) is 22.3. The summed E-state index contributed by atoms with van der Waals surface area (Å²) in [5.74, 6) is 0.565. The maximum absolute atomic E-state index is 13.5. The fourth-order valence-corrected chi connectivity index (χ4v) is 5.91. The Morgan fingerprint density at radius 2 is 1.82 bits per heavy atom. The van der Waals surface area contributed by atoms with Crippen molar-refractivity contribution in [2.75, 3.05) is 6.79 Å². The number of aromatic nitrogens is 2. The highest BCUT2D eigenvalue weighted by molar-refractivity contribution is 6.02. The van der Waals surface area contributed by atoms with Gasteiger partial charge in [0.1, 0.15) is 6.61 Å². The molecule has 0 aliphatic carbocycles. The van der Waals surface area contributed by atoms with E-state index < -0.39 is 11.6 Å². The van der Waals surface area contributed by atoms with Gasteiger partial charge in [0.15, 0.2) is 17.1 Å². The number of carbonyl (C=O) groups is 1. The average molecular weight is 525 g/mol. The van der Waals surface area contributed by atoms with E-state index in [2.05, 4.69) is 51.1 Å². The number of ether oxygens (including phenoxy) is 3. The predicted octanol–water partition coefficient (Wildman–Crippen LogP) is 4.77. The van der Waals surface area contributed by atoms with Crippen molar-refractivity contribution in [2.45, 2.75) is 58.3 Å². The molecule has 7 rings (SSSR count). The van der Waals surface area contributed by atoms with Gasteiger partial charge >= 0.3 is 5.97 Å². The first-order valence-electron chi connectivity index (χ1n) is 13.1. The van der Waals surface area contributed by atoms with Crippen LogP contribution in [0.3, 0.4) is 0 Å². The van der Waals surface area contributed by atoms with Gasteiger partial charge in [0, 0.05) is 28.1 Å². The van der Waals surface area contributed by atoms with Crippen molar-refractivity contribution >= 4 is 16.9 Å². The number of rotatable bonds is 2. The van der Waals surface area contributed by atoms with E-state index >= 15 is 0 Å². The van der Waals surface area contributed by atoms with Crippen LogP contribution in [0.15, 0.2) is 47.3 Å². The number of benzene rings is 2. The Balaban J connectivity index is 1.44. The molecule has 3 aliphatic heterocycles. The first kappa shape index (κ1) is 23.9. The van der Waals surface area contributed by atoms with Gasteiger partial charge in [-0.1, -0.05) is 52.0 Å². The summed E-state index contributed by atoms with van der Waals surface area (Å²) >= 11 is 0. The van der Waals surface area contributed by atoms with Gasteiger partial charge in [-0.15, -0.1) is 0 Å². The van der Waals surface area contributed by atoms with E-state index in [0.717, 1.165) is 22.1 Å². The number of esters is 1. The topological polar surface area (TPSA) is 99.9 Å². The van der Waals surface area contributed by atoms with Crippen molar-refractivity contribution in [3.05, 3.63) is 75.1 Å². The molecule has 0 saturated heterocycles. The number of pyridine rings is 2. The highest BCUT2D eigenvalue weighted by Crippen LogP contribution is 2.48. The normalized spacial score (nSPS) is 19.1. The van der Waals surface area contributed by atoms with Crippen molar-refractivity contribution in [2.24, 2.45) is 0 Å². The molecule has 1 atom stereocenters. The lowest BCUT2D eigenvalue weighted by atomic mass is 9.85. The summed E-state index contributed by atoms with van der Waals surface area (Å²) in [6, 6.07) is 14.1. The Morgan fingerprint density at radius 3 is 2.54 bits per heavy atom. The Kier molecular flexibility index (Phi) is 4.86. The lowest BCUT2D eigenvalue weighted by Crippen LogP contribution is -2.44. The van der Waals surface area contributed by atoms with Crippen molar-refractivity contribution in [1.82, 2.24) is 9.55 Å². The molecular weight excluding hydrogens is 496 g/mol. The fraction of sp³-hybridized carbons (Fsp3) is 0.323. The molecule has 0 radical (unpaired) electrons. The molecule has 8 heteroatoms.